The van der Waals surface area contributed by atoms with Crippen molar-refractivity contribution in [2.75, 3.05) is 12.3 Å². The summed E-state index contributed by atoms with van der Waals surface area (Å²) in [4.78, 5) is 0.342. The molecule has 1 fully saturated rings. The van der Waals surface area contributed by atoms with Gasteiger partial charge in [-0.1, -0.05) is 46.3 Å². The highest BCUT2D eigenvalue weighted by atomic mass is 79.9. The predicted molar refractivity (Wildman–Crippen MR) is 89.7 cm³/mol. The van der Waals surface area contributed by atoms with E-state index in [0.717, 1.165) is 15.8 Å². The summed E-state index contributed by atoms with van der Waals surface area (Å²) in [6, 6.07) is 16.6. The van der Waals surface area contributed by atoms with Crippen LogP contribution in [0.15, 0.2) is 64.0 Å². The fourth-order valence-electron chi connectivity index (χ4n) is 2.32. The normalized spacial score (nSPS) is 19.8. The molecule has 0 amide bonds. The Kier molecular flexibility index (Phi) is 4.40. The van der Waals surface area contributed by atoms with Crippen LogP contribution in [-0.4, -0.2) is 25.0 Å². The Bertz CT molecular complexity index is 717. The molecular weight excluding hydrogens is 370 g/mol. The summed E-state index contributed by atoms with van der Waals surface area (Å²) in [7, 11) is -3.46. The minimum absolute atomic E-state index is 0.139. The van der Waals surface area contributed by atoms with E-state index in [2.05, 4.69) is 15.9 Å². The zero-order valence-electron chi connectivity index (χ0n) is 11.1. The lowest BCUT2D eigenvalue weighted by Crippen LogP contribution is -2.30. The Morgan fingerprint density at radius 3 is 2.38 bits per heavy atom. The highest BCUT2D eigenvalue weighted by molar-refractivity contribution is 9.10. The summed E-state index contributed by atoms with van der Waals surface area (Å²) < 4.78 is 28.1. The standard InChI is InChI=1S/C15H14BrNO2S2/c16-13-6-8-14(9-7-13)21(18,19)17-10-11-20-15(17)12-4-2-1-3-5-12/h1-9,15H,10-11H2/t15-/m1/s1. The third-order valence-corrected chi connectivity index (χ3v) is 7.16. The van der Waals surface area contributed by atoms with Crippen molar-refractivity contribution in [1.82, 2.24) is 4.31 Å². The molecule has 0 spiro atoms. The lowest BCUT2D eigenvalue weighted by atomic mass is 10.2. The van der Waals surface area contributed by atoms with Crippen molar-refractivity contribution < 1.29 is 8.42 Å². The van der Waals surface area contributed by atoms with Crippen molar-refractivity contribution in [2.45, 2.75) is 10.3 Å². The molecule has 1 saturated heterocycles. The van der Waals surface area contributed by atoms with Crippen LogP contribution >= 0.6 is 27.7 Å². The van der Waals surface area contributed by atoms with E-state index in [1.807, 2.05) is 30.3 Å². The van der Waals surface area contributed by atoms with Gasteiger partial charge in [0.1, 0.15) is 0 Å². The molecule has 0 saturated carbocycles. The van der Waals surface area contributed by atoms with Crippen LogP contribution in [0.4, 0.5) is 0 Å². The molecular formula is C15H14BrNO2S2. The zero-order valence-corrected chi connectivity index (χ0v) is 14.4. The van der Waals surface area contributed by atoms with Crippen LogP contribution in [0.3, 0.4) is 0 Å². The quantitative estimate of drug-likeness (QED) is 0.806. The molecule has 0 N–H and O–H groups in total. The smallest absolute Gasteiger partial charge is 0.207 e. The van der Waals surface area contributed by atoms with Gasteiger partial charge in [-0.15, -0.1) is 11.8 Å². The highest BCUT2D eigenvalue weighted by Crippen LogP contribution is 2.41. The molecule has 2 aromatic rings. The number of benzene rings is 2. The monoisotopic (exact) mass is 383 g/mol. The molecule has 1 aliphatic heterocycles. The Labute approximate surface area is 137 Å². The largest absolute Gasteiger partial charge is 0.244 e. The van der Waals surface area contributed by atoms with Crippen LogP contribution in [0.5, 0.6) is 0 Å². The number of thioether (sulfide) groups is 1. The van der Waals surface area contributed by atoms with Gasteiger partial charge in [0.15, 0.2) is 0 Å². The van der Waals surface area contributed by atoms with Gasteiger partial charge in [0, 0.05) is 16.8 Å². The zero-order chi connectivity index (χ0) is 14.9. The predicted octanol–water partition coefficient (Wildman–Crippen LogP) is 3.89. The summed E-state index contributed by atoms with van der Waals surface area (Å²) >= 11 is 5.00. The molecule has 0 radical (unpaired) electrons. The molecule has 3 nitrogen and oxygen atoms in total. The molecule has 21 heavy (non-hydrogen) atoms. The average Bonchev–Trinajstić information content (AvgIpc) is 2.99. The van der Waals surface area contributed by atoms with E-state index in [4.69, 9.17) is 0 Å². The molecule has 6 heteroatoms. The third kappa shape index (κ3) is 3.04. The molecule has 1 heterocycles. The number of halogens is 1. The van der Waals surface area contributed by atoms with E-state index in [9.17, 15) is 8.42 Å². The van der Waals surface area contributed by atoms with Crippen molar-refractivity contribution in [1.29, 1.82) is 0 Å². The molecule has 0 unspecified atom stereocenters. The SMILES string of the molecule is O=S(=O)(c1ccc(Br)cc1)N1CCS[C@@H]1c1ccccc1. The minimum atomic E-state index is -3.46. The summed E-state index contributed by atoms with van der Waals surface area (Å²) in [6.07, 6.45) is 0. The molecule has 1 aliphatic rings. The maximum atomic E-state index is 12.8. The summed E-state index contributed by atoms with van der Waals surface area (Å²) in [5.74, 6) is 0.815. The number of hydrogen-bond acceptors (Lipinski definition) is 3. The van der Waals surface area contributed by atoms with Crippen molar-refractivity contribution >= 4 is 37.7 Å². The number of hydrogen-bond donors (Lipinski definition) is 0. The Morgan fingerprint density at radius 1 is 1.05 bits per heavy atom. The van der Waals surface area contributed by atoms with Crippen LogP contribution in [0.2, 0.25) is 0 Å². The fraction of sp³-hybridized carbons (Fsp3) is 0.200. The molecule has 0 bridgehead atoms. The Hall–Kier alpha value is -0.820. The van der Waals surface area contributed by atoms with Crippen LogP contribution in [-0.2, 0) is 10.0 Å². The average molecular weight is 384 g/mol. The molecule has 3 rings (SSSR count). The summed E-state index contributed by atoms with van der Waals surface area (Å²) in [6.45, 7) is 0.544. The van der Waals surface area contributed by atoms with Crippen molar-refractivity contribution in [3.63, 3.8) is 0 Å². The van der Waals surface area contributed by atoms with Crippen molar-refractivity contribution in [3.05, 3.63) is 64.6 Å². The van der Waals surface area contributed by atoms with Crippen LogP contribution in [0.25, 0.3) is 0 Å². The molecule has 0 aromatic heterocycles. The first-order valence-corrected chi connectivity index (χ1v) is 9.81. The van der Waals surface area contributed by atoms with Gasteiger partial charge in [-0.2, -0.15) is 4.31 Å². The first kappa shape index (κ1) is 15.1. The van der Waals surface area contributed by atoms with Crippen molar-refractivity contribution in [2.24, 2.45) is 0 Å². The van der Waals surface area contributed by atoms with E-state index in [1.54, 1.807) is 40.3 Å². The highest BCUT2D eigenvalue weighted by Gasteiger charge is 2.36. The van der Waals surface area contributed by atoms with Gasteiger partial charge in [-0.3, -0.25) is 0 Å². The van der Waals surface area contributed by atoms with Gasteiger partial charge in [0.2, 0.25) is 10.0 Å². The molecule has 2 aromatic carbocycles. The van der Waals surface area contributed by atoms with Crippen LogP contribution in [0.1, 0.15) is 10.9 Å². The Morgan fingerprint density at radius 2 is 1.71 bits per heavy atom. The maximum Gasteiger partial charge on any atom is 0.244 e. The Balaban J connectivity index is 1.96. The van der Waals surface area contributed by atoms with Crippen molar-refractivity contribution in [3.8, 4) is 0 Å². The lowest BCUT2D eigenvalue weighted by molar-refractivity contribution is 0.434. The van der Waals surface area contributed by atoms with E-state index >= 15 is 0 Å². The van der Waals surface area contributed by atoms with E-state index in [0.29, 0.717) is 11.4 Å². The summed E-state index contributed by atoms with van der Waals surface area (Å²) in [5, 5.41) is -0.139. The van der Waals surface area contributed by atoms with Gasteiger partial charge in [-0.25, -0.2) is 8.42 Å². The van der Waals surface area contributed by atoms with Gasteiger partial charge >= 0.3 is 0 Å². The van der Waals surface area contributed by atoms with E-state index in [1.165, 1.54) is 0 Å². The topological polar surface area (TPSA) is 37.4 Å². The molecule has 110 valence electrons. The second-order valence-electron chi connectivity index (χ2n) is 4.70. The number of rotatable bonds is 3. The second-order valence-corrected chi connectivity index (χ2v) is 8.70. The number of nitrogens with zero attached hydrogens (tertiary/aromatic N) is 1. The van der Waals surface area contributed by atoms with Gasteiger partial charge in [-0.05, 0) is 29.8 Å². The van der Waals surface area contributed by atoms with Crippen LogP contribution in [0, 0.1) is 0 Å². The first-order chi connectivity index (χ1) is 10.1. The molecule has 0 aliphatic carbocycles. The fourth-order valence-corrected chi connectivity index (χ4v) is 5.83. The molecule has 1 atom stereocenters. The van der Waals surface area contributed by atoms with E-state index < -0.39 is 10.0 Å². The first-order valence-electron chi connectivity index (χ1n) is 6.53. The maximum absolute atomic E-state index is 12.8. The van der Waals surface area contributed by atoms with Gasteiger partial charge in [0.05, 0.1) is 10.3 Å². The second kappa shape index (κ2) is 6.12. The minimum Gasteiger partial charge on any atom is -0.207 e. The summed E-state index contributed by atoms with van der Waals surface area (Å²) in [5.41, 5.74) is 1.03. The third-order valence-electron chi connectivity index (χ3n) is 3.35. The lowest BCUT2D eigenvalue weighted by Gasteiger charge is -2.23. The van der Waals surface area contributed by atoms with Crippen LogP contribution < -0.4 is 0 Å². The van der Waals surface area contributed by atoms with E-state index in [-0.39, 0.29) is 5.37 Å². The van der Waals surface area contributed by atoms with Gasteiger partial charge in [0.25, 0.3) is 0 Å². The number of sulfonamides is 1. The van der Waals surface area contributed by atoms with Gasteiger partial charge < -0.3 is 0 Å².